The van der Waals surface area contributed by atoms with Crippen molar-refractivity contribution in [1.29, 1.82) is 0 Å². The molecule has 1 aliphatic heterocycles. The Bertz CT molecular complexity index is 365. The molecule has 2 rings (SSSR count). The van der Waals surface area contributed by atoms with Crippen LogP contribution in [0.3, 0.4) is 0 Å². The number of aliphatic hydroxyl groups excluding tert-OH is 1. The second-order valence-electron chi connectivity index (χ2n) is 4.66. The second kappa shape index (κ2) is 6.68. The maximum atomic E-state index is 8.72. The van der Waals surface area contributed by atoms with Crippen LogP contribution in [-0.4, -0.2) is 47.4 Å². The molecule has 5 nitrogen and oxygen atoms in total. The minimum Gasteiger partial charge on any atom is -0.394 e. The maximum absolute atomic E-state index is 8.72. The molecule has 1 aromatic heterocycles. The molecule has 0 unspecified atom stereocenters. The van der Waals surface area contributed by atoms with E-state index in [-0.39, 0.29) is 6.61 Å². The summed E-state index contributed by atoms with van der Waals surface area (Å²) in [4.78, 5) is 6.39. The molecule has 1 aromatic rings. The van der Waals surface area contributed by atoms with Crippen molar-refractivity contribution in [3.63, 3.8) is 0 Å². The smallest absolute Gasteiger partial charge is 0.123 e. The Balaban J connectivity index is 1.76. The summed E-state index contributed by atoms with van der Waals surface area (Å²) in [6, 6.07) is 3.93. The van der Waals surface area contributed by atoms with Crippen LogP contribution in [0.15, 0.2) is 18.3 Å². The highest BCUT2D eigenvalue weighted by Gasteiger charge is 2.19. The Hall–Kier alpha value is -1.17. The molecule has 18 heavy (non-hydrogen) atoms. The van der Waals surface area contributed by atoms with Crippen LogP contribution in [0.5, 0.6) is 0 Å². The number of hydrogen-bond acceptors (Lipinski definition) is 5. The molecule has 1 fully saturated rings. The monoisotopic (exact) mass is 251 g/mol. The Morgan fingerprint density at radius 3 is 2.89 bits per heavy atom. The number of nitrogens with two attached hydrogens (primary N) is 1. The van der Waals surface area contributed by atoms with Crippen molar-refractivity contribution in [1.82, 2.24) is 9.88 Å². The normalized spacial score (nSPS) is 18.1. The molecule has 0 amide bonds. The first-order valence-corrected chi connectivity index (χ1v) is 6.43. The topological polar surface area (TPSA) is 71.6 Å². The highest BCUT2D eigenvalue weighted by atomic mass is 16.5. The first-order valence-electron chi connectivity index (χ1n) is 6.43. The zero-order chi connectivity index (χ0) is 12.8. The van der Waals surface area contributed by atoms with Gasteiger partial charge in [0.15, 0.2) is 0 Å². The fourth-order valence-corrected chi connectivity index (χ4v) is 2.30. The number of likely N-dealkylation sites (tertiary alicyclic amines) is 1. The lowest BCUT2D eigenvalue weighted by atomic mass is 10.1. The van der Waals surface area contributed by atoms with Gasteiger partial charge in [-0.3, -0.25) is 4.90 Å². The van der Waals surface area contributed by atoms with E-state index in [4.69, 9.17) is 15.6 Å². The average Bonchev–Trinajstić information content (AvgIpc) is 2.38. The third kappa shape index (κ3) is 3.94. The van der Waals surface area contributed by atoms with E-state index in [9.17, 15) is 0 Å². The van der Waals surface area contributed by atoms with Gasteiger partial charge in [-0.1, -0.05) is 0 Å². The van der Waals surface area contributed by atoms with Gasteiger partial charge in [0.2, 0.25) is 0 Å². The summed E-state index contributed by atoms with van der Waals surface area (Å²) in [5.41, 5.74) is 6.87. The molecule has 0 saturated carbocycles. The standard InChI is InChI=1S/C13H21N3O2/c14-13-9-11(1-4-15-13)10-16-5-2-12(3-6-16)18-8-7-17/h1,4,9,12,17H,2-3,5-8,10H2,(H2,14,15). The van der Waals surface area contributed by atoms with Crippen LogP contribution < -0.4 is 5.73 Å². The highest BCUT2D eigenvalue weighted by molar-refractivity contribution is 5.31. The number of aromatic nitrogens is 1. The van der Waals surface area contributed by atoms with Gasteiger partial charge in [-0.2, -0.15) is 0 Å². The average molecular weight is 251 g/mol. The van der Waals surface area contributed by atoms with Crippen LogP contribution in [0.25, 0.3) is 0 Å². The van der Waals surface area contributed by atoms with Gasteiger partial charge in [-0.05, 0) is 30.5 Å². The molecule has 0 aliphatic carbocycles. The van der Waals surface area contributed by atoms with Crippen LogP contribution in [0.2, 0.25) is 0 Å². The number of aliphatic hydroxyl groups is 1. The van der Waals surface area contributed by atoms with Gasteiger partial charge in [0, 0.05) is 25.8 Å². The van der Waals surface area contributed by atoms with E-state index < -0.39 is 0 Å². The molecule has 0 radical (unpaired) electrons. The fourth-order valence-electron chi connectivity index (χ4n) is 2.30. The van der Waals surface area contributed by atoms with Gasteiger partial charge in [-0.25, -0.2) is 4.98 Å². The minimum atomic E-state index is 0.108. The van der Waals surface area contributed by atoms with Gasteiger partial charge in [0.1, 0.15) is 5.82 Å². The molecule has 0 atom stereocenters. The van der Waals surface area contributed by atoms with E-state index in [1.807, 2.05) is 12.1 Å². The molecule has 0 spiro atoms. The number of ether oxygens (including phenoxy) is 1. The number of hydrogen-bond donors (Lipinski definition) is 2. The Morgan fingerprint density at radius 2 is 2.22 bits per heavy atom. The molecule has 1 saturated heterocycles. The summed E-state index contributed by atoms with van der Waals surface area (Å²) in [5.74, 6) is 0.577. The van der Waals surface area contributed by atoms with Crippen LogP contribution in [-0.2, 0) is 11.3 Å². The van der Waals surface area contributed by atoms with E-state index in [0.29, 0.717) is 18.5 Å². The lowest BCUT2D eigenvalue weighted by Gasteiger charge is -2.31. The van der Waals surface area contributed by atoms with Crippen molar-refractivity contribution >= 4 is 5.82 Å². The second-order valence-corrected chi connectivity index (χ2v) is 4.66. The maximum Gasteiger partial charge on any atom is 0.123 e. The highest BCUT2D eigenvalue weighted by Crippen LogP contribution is 2.16. The van der Waals surface area contributed by atoms with Crippen LogP contribution in [0, 0.1) is 0 Å². The molecule has 0 aromatic carbocycles. The molecule has 0 bridgehead atoms. The Morgan fingerprint density at radius 1 is 1.44 bits per heavy atom. The Kier molecular flexibility index (Phi) is 4.92. The summed E-state index contributed by atoms with van der Waals surface area (Å²) >= 11 is 0. The molecular formula is C13H21N3O2. The molecule has 5 heteroatoms. The van der Waals surface area contributed by atoms with Gasteiger partial charge < -0.3 is 15.6 Å². The van der Waals surface area contributed by atoms with Gasteiger partial charge >= 0.3 is 0 Å². The molecule has 3 N–H and O–H groups in total. The van der Waals surface area contributed by atoms with Crippen molar-refractivity contribution in [2.75, 3.05) is 32.0 Å². The predicted molar refractivity (Wildman–Crippen MR) is 70.0 cm³/mol. The summed E-state index contributed by atoms with van der Waals surface area (Å²) in [6.07, 6.45) is 4.11. The molecule has 2 heterocycles. The quantitative estimate of drug-likeness (QED) is 0.803. The third-order valence-corrected chi connectivity index (χ3v) is 3.23. The SMILES string of the molecule is Nc1cc(CN2CCC(OCCO)CC2)ccn1. The van der Waals surface area contributed by atoms with Crippen molar-refractivity contribution < 1.29 is 9.84 Å². The zero-order valence-electron chi connectivity index (χ0n) is 10.6. The van der Waals surface area contributed by atoms with Crippen molar-refractivity contribution in [3.05, 3.63) is 23.9 Å². The summed E-state index contributed by atoms with van der Waals surface area (Å²) in [6.45, 7) is 3.53. The van der Waals surface area contributed by atoms with E-state index in [1.54, 1.807) is 6.20 Å². The zero-order valence-corrected chi connectivity index (χ0v) is 10.6. The van der Waals surface area contributed by atoms with E-state index >= 15 is 0 Å². The number of pyridine rings is 1. The van der Waals surface area contributed by atoms with Crippen molar-refractivity contribution in [2.45, 2.75) is 25.5 Å². The first-order chi connectivity index (χ1) is 8.78. The molecular weight excluding hydrogens is 230 g/mol. The number of rotatable bonds is 5. The van der Waals surface area contributed by atoms with Gasteiger partial charge in [0.05, 0.1) is 19.3 Å². The minimum absolute atomic E-state index is 0.108. The number of anilines is 1. The number of nitrogens with zero attached hydrogens (tertiary/aromatic N) is 2. The fraction of sp³-hybridized carbons (Fsp3) is 0.615. The van der Waals surface area contributed by atoms with Crippen LogP contribution in [0.1, 0.15) is 18.4 Å². The van der Waals surface area contributed by atoms with Crippen LogP contribution in [0.4, 0.5) is 5.82 Å². The summed E-state index contributed by atoms with van der Waals surface area (Å²) < 4.78 is 5.54. The lowest BCUT2D eigenvalue weighted by Crippen LogP contribution is -2.36. The van der Waals surface area contributed by atoms with Gasteiger partial charge in [-0.15, -0.1) is 0 Å². The van der Waals surface area contributed by atoms with Crippen molar-refractivity contribution in [3.8, 4) is 0 Å². The number of piperidine rings is 1. The van der Waals surface area contributed by atoms with E-state index in [0.717, 1.165) is 32.5 Å². The summed E-state index contributed by atoms with van der Waals surface area (Å²) in [5, 5.41) is 8.72. The number of nitrogen functional groups attached to an aromatic ring is 1. The molecule has 100 valence electrons. The summed E-state index contributed by atoms with van der Waals surface area (Å²) in [7, 11) is 0. The predicted octanol–water partition coefficient (Wildman–Crippen LogP) is 0.637. The van der Waals surface area contributed by atoms with Crippen LogP contribution >= 0.6 is 0 Å². The van der Waals surface area contributed by atoms with Gasteiger partial charge in [0.25, 0.3) is 0 Å². The van der Waals surface area contributed by atoms with Crippen molar-refractivity contribution in [2.24, 2.45) is 0 Å². The van der Waals surface area contributed by atoms with E-state index in [2.05, 4.69) is 9.88 Å². The first kappa shape index (κ1) is 13.3. The molecule has 1 aliphatic rings. The third-order valence-electron chi connectivity index (χ3n) is 3.23. The van der Waals surface area contributed by atoms with E-state index in [1.165, 1.54) is 5.56 Å². The Labute approximate surface area is 108 Å². The lowest BCUT2D eigenvalue weighted by molar-refractivity contribution is -0.00901. The largest absolute Gasteiger partial charge is 0.394 e.